The molecule has 0 aromatic carbocycles. The molecule has 1 unspecified atom stereocenters. The van der Waals surface area contributed by atoms with E-state index in [2.05, 4.69) is 23.8 Å². The number of ether oxygens (including phenoxy) is 2. The Labute approximate surface area is 138 Å². The van der Waals surface area contributed by atoms with E-state index in [0.29, 0.717) is 17.5 Å². The highest BCUT2D eigenvalue weighted by atomic mass is 35.5. The van der Waals surface area contributed by atoms with Crippen molar-refractivity contribution in [2.45, 2.75) is 40.2 Å². The fraction of sp³-hybridized carbons (Fsp3) is 0.625. The highest BCUT2D eigenvalue weighted by Gasteiger charge is 2.12. The first kappa shape index (κ1) is 18.7. The lowest BCUT2D eigenvalue weighted by molar-refractivity contribution is 0.0568. The molecule has 0 amide bonds. The summed E-state index contributed by atoms with van der Waals surface area (Å²) >= 11 is 6.24. The van der Waals surface area contributed by atoms with Gasteiger partial charge < -0.3 is 14.4 Å². The predicted molar refractivity (Wildman–Crippen MR) is 91.6 cm³/mol. The third kappa shape index (κ3) is 6.20. The summed E-state index contributed by atoms with van der Waals surface area (Å²) in [5.41, 5.74) is 1.52. The Morgan fingerprint density at radius 3 is 2.82 bits per heavy atom. The largest absolute Gasteiger partial charge is 0.471 e. The molecule has 6 heteroatoms. The molecule has 124 valence electrons. The van der Waals surface area contributed by atoms with E-state index in [9.17, 15) is 0 Å². The molecule has 0 N–H and O–H groups in total. The fourth-order valence-corrected chi connectivity index (χ4v) is 1.81. The van der Waals surface area contributed by atoms with Gasteiger partial charge in [0.2, 0.25) is 5.88 Å². The van der Waals surface area contributed by atoms with Crippen LogP contribution in [0, 0.1) is 6.92 Å². The van der Waals surface area contributed by atoms with Gasteiger partial charge in [-0.25, -0.2) is 9.98 Å². The summed E-state index contributed by atoms with van der Waals surface area (Å²) in [6.07, 6.45) is 2.66. The van der Waals surface area contributed by atoms with Gasteiger partial charge in [-0.05, 0) is 33.3 Å². The second-order valence-electron chi connectivity index (χ2n) is 5.20. The molecular weight excluding hydrogens is 302 g/mol. The molecule has 1 heterocycles. The molecule has 0 aliphatic heterocycles. The SMILES string of the molecule is CCCOCC(C)Oc1nc(C)c(N=CN(C)CC)cc1Cl. The zero-order valence-corrected chi connectivity index (χ0v) is 14.9. The number of aryl methyl sites for hydroxylation is 1. The topological polar surface area (TPSA) is 47.0 Å². The van der Waals surface area contributed by atoms with Crippen molar-refractivity contribution in [3.05, 3.63) is 16.8 Å². The lowest BCUT2D eigenvalue weighted by Gasteiger charge is -2.16. The van der Waals surface area contributed by atoms with Crippen LogP contribution in [-0.2, 0) is 4.74 Å². The first-order chi connectivity index (χ1) is 10.5. The minimum Gasteiger partial charge on any atom is -0.471 e. The lowest BCUT2D eigenvalue weighted by atomic mass is 10.3. The molecule has 0 aliphatic carbocycles. The number of hydrogen-bond acceptors (Lipinski definition) is 4. The second kappa shape index (κ2) is 9.64. The van der Waals surface area contributed by atoms with E-state index in [1.54, 1.807) is 12.4 Å². The van der Waals surface area contributed by atoms with Crippen molar-refractivity contribution in [1.82, 2.24) is 9.88 Å². The van der Waals surface area contributed by atoms with Gasteiger partial charge in [-0.3, -0.25) is 0 Å². The van der Waals surface area contributed by atoms with E-state index in [1.165, 1.54) is 0 Å². The van der Waals surface area contributed by atoms with Crippen molar-refractivity contribution >= 4 is 23.6 Å². The number of aromatic nitrogens is 1. The van der Waals surface area contributed by atoms with Gasteiger partial charge in [0.25, 0.3) is 0 Å². The van der Waals surface area contributed by atoms with Crippen LogP contribution in [-0.4, -0.2) is 49.1 Å². The van der Waals surface area contributed by atoms with Gasteiger partial charge in [-0.2, -0.15) is 0 Å². The number of nitrogens with zero attached hydrogens (tertiary/aromatic N) is 3. The maximum Gasteiger partial charge on any atom is 0.233 e. The Bertz CT molecular complexity index is 495. The summed E-state index contributed by atoms with van der Waals surface area (Å²) in [7, 11) is 1.96. The van der Waals surface area contributed by atoms with Crippen LogP contribution in [0.15, 0.2) is 11.1 Å². The Morgan fingerprint density at radius 1 is 1.45 bits per heavy atom. The molecule has 1 rings (SSSR count). The van der Waals surface area contributed by atoms with E-state index < -0.39 is 0 Å². The smallest absolute Gasteiger partial charge is 0.233 e. The van der Waals surface area contributed by atoms with E-state index in [-0.39, 0.29) is 6.10 Å². The van der Waals surface area contributed by atoms with Gasteiger partial charge in [0.1, 0.15) is 11.1 Å². The van der Waals surface area contributed by atoms with Crippen LogP contribution in [0.5, 0.6) is 5.88 Å². The maximum atomic E-state index is 6.24. The van der Waals surface area contributed by atoms with Crippen LogP contribution in [0.3, 0.4) is 0 Å². The van der Waals surface area contributed by atoms with Gasteiger partial charge in [0.15, 0.2) is 0 Å². The van der Waals surface area contributed by atoms with Gasteiger partial charge in [-0.15, -0.1) is 0 Å². The molecule has 0 saturated heterocycles. The Hall–Kier alpha value is -1.33. The molecule has 5 nitrogen and oxygen atoms in total. The zero-order valence-electron chi connectivity index (χ0n) is 14.1. The van der Waals surface area contributed by atoms with Crippen molar-refractivity contribution in [3.63, 3.8) is 0 Å². The van der Waals surface area contributed by atoms with Crippen molar-refractivity contribution in [1.29, 1.82) is 0 Å². The molecule has 22 heavy (non-hydrogen) atoms. The highest BCUT2D eigenvalue weighted by Crippen LogP contribution is 2.29. The molecular formula is C16H26ClN3O2. The zero-order chi connectivity index (χ0) is 16.5. The number of aliphatic imine (C=N–C) groups is 1. The summed E-state index contributed by atoms with van der Waals surface area (Å²) in [6.45, 7) is 10.1. The van der Waals surface area contributed by atoms with Crippen LogP contribution in [0.25, 0.3) is 0 Å². The minimum absolute atomic E-state index is 0.100. The standard InChI is InChI=1S/C16H26ClN3O2/c1-6-8-21-10-12(3)22-16-14(17)9-15(13(4)19-16)18-11-20(5)7-2/h9,11-12H,6-8,10H2,1-5H3. The summed E-state index contributed by atoms with van der Waals surface area (Å²) in [6, 6.07) is 1.78. The first-order valence-corrected chi connectivity index (χ1v) is 8.01. The normalized spacial score (nSPS) is 12.6. The van der Waals surface area contributed by atoms with Gasteiger partial charge >= 0.3 is 0 Å². The van der Waals surface area contributed by atoms with Gasteiger partial charge in [-0.1, -0.05) is 18.5 Å². The average Bonchev–Trinajstić information content (AvgIpc) is 2.49. The van der Waals surface area contributed by atoms with E-state index in [1.807, 2.05) is 25.8 Å². The lowest BCUT2D eigenvalue weighted by Crippen LogP contribution is -2.20. The van der Waals surface area contributed by atoms with Crippen molar-refractivity contribution < 1.29 is 9.47 Å². The summed E-state index contributed by atoms with van der Waals surface area (Å²) in [4.78, 5) is 10.8. The number of halogens is 1. The monoisotopic (exact) mass is 327 g/mol. The van der Waals surface area contributed by atoms with Crippen molar-refractivity contribution in [3.8, 4) is 5.88 Å². The Balaban J connectivity index is 2.74. The number of hydrogen-bond donors (Lipinski definition) is 0. The van der Waals surface area contributed by atoms with Crippen molar-refractivity contribution in [2.75, 3.05) is 26.8 Å². The van der Waals surface area contributed by atoms with E-state index in [4.69, 9.17) is 21.1 Å². The third-order valence-electron chi connectivity index (χ3n) is 3.01. The minimum atomic E-state index is -0.100. The quantitative estimate of drug-likeness (QED) is 0.392. The Kier molecular flexibility index (Phi) is 8.20. The first-order valence-electron chi connectivity index (χ1n) is 7.63. The van der Waals surface area contributed by atoms with E-state index >= 15 is 0 Å². The van der Waals surface area contributed by atoms with Crippen LogP contribution in [0.1, 0.15) is 32.9 Å². The molecule has 0 fully saturated rings. The molecule has 1 atom stereocenters. The highest BCUT2D eigenvalue weighted by molar-refractivity contribution is 6.32. The van der Waals surface area contributed by atoms with Gasteiger partial charge in [0.05, 0.1) is 24.3 Å². The number of rotatable bonds is 9. The number of pyridine rings is 1. The van der Waals surface area contributed by atoms with Crippen LogP contribution in [0.4, 0.5) is 5.69 Å². The van der Waals surface area contributed by atoms with Crippen LogP contribution >= 0.6 is 11.6 Å². The molecule has 1 aromatic heterocycles. The predicted octanol–water partition coefficient (Wildman–Crippen LogP) is 3.85. The molecule has 1 aromatic rings. The third-order valence-corrected chi connectivity index (χ3v) is 3.29. The van der Waals surface area contributed by atoms with Gasteiger partial charge in [0, 0.05) is 20.2 Å². The summed E-state index contributed by atoms with van der Waals surface area (Å²) in [5, 5.41) is 0.458. The molecule has 0 bridgehead atoms. The molecule has 0 aliphatic rings. The van der Waals surface area contributed by atoms with E-state index in [0.717, 1.165) is 31.0 Å². The van der Waals surface area contributed by atoms with Crippen molar-refractivity contribution in [2.24, 2.45) is 4.99 Å². The molecule has 0 spiro atoms. The van der Waals surface area contributed by atoms with Crippen LogP contribution in [0.2, 0.25) is 5.02 Å². The summed E-state index contributed by atoms with van der Waals surface area (Å²) < 4.78 is 11.2. The maximum absolute atomic E-state index is 6.24. The Morgan fingerprint density at radius 2 is 2.18 bits per heavy atom. The fourth-order valence-electron chi connectivity index (χ4n) is 1.62. The summed E-state index contributed by atoms with van der Waals surface area (Å²) in [5.74, 6) is 0.426. The average molecular weight is 328 g/mol. The van der Waals surface area contributed by atoms with Crippen LogP contribution < -0.4 is 4.74 Å². The second-order valence-corrected chi connectivity index (χ2v) is 5.61. The molecule has 0 radical (unpaired) electrons. The molecule has 0 saturated carbocycles.